The van der Waals surface area contributed by atoms with Gasteiger partial charge in [-0.1, -0.05) is 0 Å². The second-order valence-corrected chi connectivity index (χ2v) is 3.78. The lowest BCUT2D eigenvalue weighted by atomic mass is 10.1. The van der Waals surface area contributed by atoms with Crippen LogP contribution in [0.25, 0.3) is 11.0 Å². The summed E-state index contributed by atoms with van der Waals surface area (Å²) in [6.07, 6.45) is 1.67. The van der Waals surface area contributed by atoms with Crippen LogP contribution >= 0.6 is 24.8 Å². The molecule has 3 nitrogen and oxygen atoms in total. The van der Waals surface area contributed by atoms with Crippen molar-refractivity contribution in [2.45, 2.75) is 19.9 Å². The molecule has 2 rings (SSSR count). The van der Waals surface area contributed by atoms with Gasteiger partial charge in [-0.15, -0.1) is 24.8 Å². The molecule has 0 amide bonds. The Morgan fingerprint density at radius 3 is 2.59 bits per heavy atom. The summed E-state index contributed by atoms with van der Waals surface area (Å²) in [6, 6.07) is 7.95. The fourth-order valence-corrected chi connectivity index (χ4v) is 1.48. The molecule has 0 fully saturated rings. The van der Waals surface area contributed by atoms with Crippen molar-refractivity contribution in [2.75, 3.05) is 0 Å². The van der Waals surface area contributed by atoms with Crippen molar-refractivity contribution in [3.05, 3.63) is 36.1 Å². The van der Waals surface area contributed by atoms with E-state index in [1.165, 1.54) is 0 Å². The summed E-state index contributed by atoms with van der Waals surface area (Å²) in [5.41, 5.74) is 7.69. The average Bonchev–Trinajstić information content (AvgIpc) is 2.62. The lowest BCUT2D eigenvalue weighted by Crippen LogP contribution is -2.15. The molecule has 2 N–H and O–H groups in total. The van der Waals surface area contributed by atoms with Gasteiger partial charge in [0.2, 0.25) is 0 Å². The van der Waals surface area contributed by atoms with E-state index in [9.17, 15) is 0 Å². The number of amidine groups is 1. The third-order valence-electron chi connectivity index (χ3n) is 2.15. The van der Waals surface area contributed by atoms with Gasteiger partial charge in [-0.3, -0.25) is 4.99 Å². The van der Waals surface area contributed by atoms with E-state index in [-0.39, 0.29) is 30.9 Å². The number of rotatable bonds is 2. The fraction of sp³-hybridized carbons (Fsp3) is 0.250. The van der Waals surface area contributed by atoms with Gasteiger partial charge < -0.3 is 10.2 Å². The van der Waals surface area contributed by atoms with Gasteiger partial charge in [-0.25, -0.2) is 0 Å². The maximum absolute atomic E-state index is 5.88. The fourth-order valence-electron chi connectivity index (χ4n) is 1.48. The van der Waals surface area contributed by atoms with Crippen LogP contribution in [-0.2, 0) is 0 Å². The van der Waals surface area contributed by atoms with Crippen molar-refractivity contribution >= 4 is 41.6 Å². The number of hydrogen-bond donors (Lipinski definition) is 1. The summed E-state index contributed by atoms with van der Waals surface area (Å²) in [5.74, 6) is 0.577. The van der Waals surface area contributed by atoms with E-state index in [1.54, 1.807) is 6.26 Å². The third-order valence-corrected chi connectivity index (χ3v) is 2.15. The molecule has 0 saturated carbocycles. The molecule has 0 spiro atoms. The molecule has 2 aromatic rings. The molecule has 1 aromatic heterocycles. The topological polar surface area (TPSA) is 51.5 Å². The molecule has 5 heteroatoms. The van der Waals surface area contributed by atoms with Crippen LogP contribution in [0.1, 0.15) is 19.4 Å². The zero-order valence-electron chi connectivity index (χ0n) is 9.71. The van der Waals surface area contributed by atoms with Gasteiger partial charge in [-0.2, -0.15) is 0 Å². The van der Waals surface area contributed by atoms with Crippen molar-refractivity contribution in [2.24, 2.45) is 10.7 Å². The standard InChI is InChI=1S/C12H14N2O.2ClH/c1-8(2)14-12(13)10-3-4-11-9(7-10)5-6-15-11;;/h3-8H,1-2H3,(H2,13,14);2*1H. The van der Waals surface area contributed by atoms with Crippen LogP contribution in [0.4, 0.5) is 0 Å². The van der Waals surface area contributed by atoms with E-state index >= 15 is 0 Å². The highest BCUT2D eigenvalue weighted by atomic mass is 35.5. The van der Waals surface area contributed by atoms with Crippen molar-refractivity contribution < 1.29 is 4.42 Å². The van der Waals surface area contributed by atoms with Crippen LogP contribution in [0.15, 0.2) is 39.9 Å². The van der Waals surface area contributed by atoms with Gasteiger partial charge in [0.25, 0.3) is 0 Å². The molecule has 0 aliphatic heterocycles. The number of nitrogens with two attached hydrogens (primary N) is 1. The first-order valence-electron chi connectivity index (χ1n) is 4.98. The zero-order chi connectivity index (χ0) is 10.8. The largest absolute Gasteiger partial charge is 0.464 e. The maximum Gasteiger partial charge on any atom is 0.133 e. The number of hydrogen-bond acceptors (Lipinski definition) is 2. The molecule has 0 aliphatic carbocycles. The first-order valence-corrected chi connectivity index (χ1v) is 4.98. The Kier molecular flexibility index (Phi) is 6.07. The molecule has 0 unspecified atom stereocenters. The van der Waals surface area contributed by atoms with Gasteiger partial charge >= 0.3 is 0 Å². The minimum atomic E-state index is 0. The monoisotopic (exact) mass is 274 g/mol. The number of benzene rings is 1. The molecule has 17 heavy (non-hydrogen) atoms. The minimum absolute atomic E-state index is 0. The molecule has 1 aromatic carbocycles. The summed E-state index contributed by atoms with van der Waals surface area (Å²) in [7, 11) is 0. The lowest BCUT2D eigenvalue weighted by molar-refractivity contribution is 0.616. The second-order valence-electron chi connectivity index (χ2n) is 3.78. The summed E-state index contributed by atoms with van der Waals surface area (Å²) < 4.78 is 5.25. The average molecular weight is 275 g/mol. The van der Waals surface area contributed by atoms with E-state index < -0.39 is 0 Å². The van der Waals surface area contributed by atoms with E-state index in [0.29, 0.717) is 5.84 Å². The van der Waals surface area contributed by atoms with Crippen molar-refractivity contribution in [1.29, 1.82) is 0 Å². The number of halogens is 2. The molecule has 0 saturated heterocycles. The van der Waals surface area contributed by atoms with Gasteiger partial charge in [0.15, 0.2) is 0 Å². The first-order chi connectivity index (χ1) is 7.16. The van der Waals surface area contributed by atoms with Crippen LogP contribution in [0, 0.1) is 0 Å². The van der Waals surface area contributed by atoms with E-state index in [4.69, 9.17) is 10.2 Å². The molecule has 0 atom stereocenters. The predicted octanol–water partition coefficient (Wildman–Crippen LogP) is 3.39. The van der Waals surface area contributed by atoms with E-state index in [1.807, 2.05) is 38.1 Å². The highest BCUT2D eigenvalue weighted by Crippen LogP contribution is 2.16. The highest BCUT2D eigenvalue weighted by Gasteiger charge is 2.02. The van der Waals surface area contributed by atoms with Gasteiger partial charge in [0, 0.05) is 17.0 Å². The number of fused-ring (bicyclic) bond motifs is 1. The van der Waals surface area contributed by atoms with Crippen LogP contribution in [0.3, 0.4) is 0 Å². The maximum atomic E-state index is 5.88. The molecule has 0 radical (unpaired) electrons. The van der Waals surface area contributed by atoms with E-state index in [0.717, 1.165) is 16.5 Å². The van der Waals surface area contributed by atoms with Crippen molar-refractivity contribution in [3.8, 4) is 0 Å². The highest BCUT2D eigenvalue weighted by molar-refractivity contribution is 6.00. The van der Waals surface area contributed by atoms with Crippen LogP contribution in [0.5, 0.6) is 0 Å². The number of furan rings is 1. The Labute approximate surface area is 113 Å². The molecule has 1 heterocycles. The lowest BCUT2D eigenvalue weighted by Gasteiger charge is -2.03. The van der Waals surface area contributed by atoms with Crippen LogP contribution in [-0.4, -0.2) is 11.9 Å². The van der Waals surface area contributed by atoms with Crippen LogP contribution < -0.4 is 5.73 Å². The third kappa shape index (κ3) is 3.65. The van der Waals surface area contributed by atoms with E-state index in [2.05, 4.69) is 4.99 Å². The Balaban J connectivity index is 0.00000128. The van der Waals surface area contributed by atoms with Crippen molar-refractivity contribution in [1.82, 2.24) is 0 Å². The van der Waals surface area contributed by atoms with Gasteiger partial charge in [0.1, 0.15) is 11.4 Å². The molecule has 0 aliphatic rings. The number of nitrogens with zero attached hydrogens (tertiary/aromatic N) is 1. The summed E-state index contributed by atoms with van der Waals surface area (Å²) >= 11 is 0. The minimum Gasteiger partial charge on any atom is -0.464 e. The molecule has 94 valence electrons. The summed E-state index contributed by atoms with van der Waals surface area (Å²) in [4.78, 5) is 4.30. The first kappa shape index (κ1) is 15.8. The predicted molar refractivity (Wildman–Crippen MR) is 76.6 cm³/mol. The van der Waals surface area contributed by atoms with Crippen LogP contribution in [0.2, 0.25) is 0 Å². The Hall–Kier alpha value is -1.19. The van der Waals surface area contributed by atoms with Gasteiger partial charge in [0.05, 0.1) is 6.26 Å². The Bertz CT molecular complexity index is 506. The van der Waals surface area contributed by atoms with Crippen molar-refractivity contribution in [3.63, 3.8) is 0 Å². The van der Waals surface area contributed by atoms with Gasteiger partial charge in [-0.05, 0) is 38.1 Å². The molecular weight excluding hydrogens is 259 g/mol. The SMILES string of the molecule is CC(C)N=C(N)c1ccc2occc2c1.Cl.Cl. The second kappa shape index (κ2) is 6.52. The molecular formula is C12H16Cl2N2O. The normalized spacial score (nSPS) is 11.1. The summed E-state index contributed by atoms with van der Waals surface area (Å²) in [6.45, 7) is 4.01. The smallest absolute Gasteiger partial charge is 0.133 e. The quantitative estimate of drug-likeness (QED) is 0.674. The zero-order valence-corrected chi connectivity index (χ0v) is 11.3. The Morgan fingerprint density at radius 2 is 1.94 bits per heavy atom. The summed E-state index contributed by atoms with van der Waals surface area (Å²) in [5, 5.41) is 1.05. The number of aliphatic imine (C=N–C) groups is 1. The molecule has 0 bridgehead atoms. The Morgan fingerprint density at radius 1 is 1.24 bits per heavy atom.